The van der Waals surface area contributed by atoms with E-state index in [1.165, 1.54) is 48.1 Å². The van der Waals surface area contributed by atoms with E-state index in [-0.39, 0.29) is 27.9 Å². The zero-order chi connectivity index (χ0) is 19.7. The predicted octanol–water partition coefficient (Wildman–Crippen LogP) is 3.13. The van der Waals surface area contributed by atoms with E-state index in [0.717, 1.165) is 25.9 Å². The second-order valence-electron chi connectivity index (χ2n) is 7.34. The second kappa shape index (κ2) is 7.94. The molecule has 0 aromatic heterocycles. The molecule has 2 aliphatic rings. The third-order valence-electron chi connectivity index (χ3n) is 5.41. The van der Waals surface area contributed by atoms with Gasteiger partial charge < -0.3 is 14.7 Å². The number of fused-ring (bicyclic) bond motifs is 1. The third-order valence-corrected chi connectivity index (χ3v) is 5.74. The van der Waals surface area contributed by atoms with Crippen molar-refractivity contribution in [1.29, 1.82) is 0 Å². The molecule has 2 aromatic rings. The molecule has 146 valence electrons. The van der Waals surface area contributed by atoms with Crippen LogP contribution in [0.5, 0.6) is 11.5 Å². The minimum absolute atomic E-state index is 0.0142. The fourth-order valence-electron chi connectivity index (χ4n) is 3.89. The molecular weight excluding hydrogens is 381 g/mol. The van der Waals surface area contributed by atoms with Crippen molar-refractivity contribution in [3.8, 4) is 11.5 Å². The van der Waals surface area contributed by atoms with Gasteiger partial charge in [0.1, 0.15) is 18.1 Å². The van der Waals surface area contributed by atoms with Gasteiger partial charge >= 0.3 is 0 Å². The van der Waals surface area contributed by atoms with Crippen LogP contribution in [0.25, 0.3) is 6.08 Å². The normalized spacial score (nSPS) is 18.8. The van der Waals surface area contributed by atoms with Gasteiger partial charge in [-0.15, -0.1) is 0 Å². The molecule has 0 amide bonds. The Labute approximate surface area is 168 Å². The number of hydrogen-bond acceptors (Lipinski definition) is 3. The average molecular weight is 402 g/mol. The van der Waals surface area contributed by atoms with E-state index in [0.29, 0.717) is 23.4 Å². The number of carbonyl (C=O) groups excluding carboxylic acids is 1. The van der Waals surface area contributed by atoms with E-state index in [2.05, 4.69) is 0 Å². The van der Waals surface area contributed by atoms with Gasteiger partial charge in [-0.1, -0.05) is 29.5 Å². The van der Waals surface area contributed by atoms with E-state index in [9.17, 15) is 14.3 Å². The molecule has 2 heterocycles. The topological polar surface area (TPSA) is 53.8 Å². The molecule has 0 spiro atoms. The maximum atomic E-state index is 14.1. The van der Waals surface area contributed by atoms with Crippen molar-refractivity contribution in [1.82, 2.24) is 0 Å². The zero-order valence-electron chi connectivity index (χ0n) is 15.4. The summed E-state index contributed by atoms with van der Waals surface area (Å²) in [4.78, 5) is 14.1. The van der Waals surface area contributed by atoms with Crippen LogP contribution in [0.1, 0.15) is 47.2 Å². The Morgan fingerprint density at radius 1 is 1.14 bits per heavy atom. The van der Waals surface area contributed by atoms with Crippen LogP contribution in [-0.2, 0) is 6.54 Å². The van der Waals surface area contributed by atoms with Crippen LogP contribution in [0.15, 0.2) is 36.1 Å². The fraction of sp³-hybridized carbons (Fsp3) is 0.318. The van der Waals surface area contributed by atoms with Gasteiger partial charge in [-0.3, -0.25) is 4.79 Å². The number of halogens is 2. The molecule has 4 rings (SSSR count). The maximum Gasteiger partial charge on any atom is 0.231 e. The van der Waals surface area contributed by atoms with E-state index in [1.54, 1.807) is 6.07 Å². The molecular formula is C22H21ClFNO3. The van der Waals surface area contributed by atoms with Crippen molar-refractivity contribution in [3.05, 3.63) is 63.6 Å². The Bertz CT molecular complexity index is 929. The van der Waals surface area contributed by atoms with Crippen LogP contribution < -0.4 is 14.7 Å². The molecule has 0 saturated carbocycles. The number of likely N-dealkylation sites (tertiary alicyclic amines) is 1. The highest BCUT2D eigenvalue weighted by atomic mass is 35.5. The van der Waals surface area contributed by atoms with Crippen molar-refractivity contribution >= 4 is 23.5 Å². The number of carbonyl (C=O) groups is 1. The highest BCUT2D eigenvalue weighted by molar-refractivity contribution is 6.32. The van der Waals surface area contributed by atoms with Crippen molar-refractivity contribution in [3.63, 3.8) is 0 Å². The van der Waals surface area contributed by atoms with Crippen LogP contribution in [-0.4, -0.2) is 18.9 Å². The summed E-state index contributed by atoms with van der Waals surface area (Å²) in [6.07, 6.45) is 6.01. The first-order chi connectivity index (χ1) is 13.5. The first-order valence-electron chi connectivity index (χ1n) is 9.59. The van der Waals surface area contributed by atoms with Gasteiger partial charge in [-0.2, -0.15) is 0 Å². The minimum atomic E-state index is -0.536. The summed E-state index contributed by atoms with van der Waals surface area (Å²) in [6.45, 7) is 2.54. The molecule has 2 aliphatic heterocycles. The molecule has 0 radical (unpaired) electrons. The van der Waals surface area contributed by atoms with Gasteiger partial charge in [-0.05, 0) is 50.0 Å². The molecule has 1 saturated heterocycles. The molecule has 0 atom stereocenters. The SMILES string of the molecule is O=C1/C(=C/c2c(F)cccc2Cl)Oc2c1ccc([O-])c2C[NH+]1CCCCCC1. The number of hydrogen-bond donors (Lipinski definition) is 1. The standard InChI is InChI=1S/C22H21ClFNO3/c23-17-6-5-7-18(24)15(17)12-20-21(27)14-8-9-19(26)16(22(14)28-20)13-25-10-3-1-2-4-11-25/h5-9,12,26H,1-4,10-11,13H2/b20-12-. The van der Waals surface area contributed by atoms with Gasteiger partial charge in [0, 0.05) is 11.1 Å². The van der Waals surface area contributed by atoms with Crippen LogP contribution in [0.2, 0.25) is 5.02 Å². The molecule has 4 nitrogen and oxygen atoms in total. The molecule has 2 aromatic carbocycles. The van der Waals surface area contributed by atoms with Crippen molar-refractivity contribution < 1.29 is 23.9 Å². The smallest absolute Gasteiger partial charge is 0.231 e. The summed E-state index contributed by atoms with van der Waals surface area (Å²) >= 11 is 6.06. The molecule has 0 aliphatic carbocycles. The highest BCUT2D eigenvalue weighted by Gasteiger charge is 2.31. The number of rotatable bonds is 3. The Morgan fingerprint density at radius 2 is 1.89 bits per heavy atom. The van der Waals surface area contributed by atoms with E-state index >= 15 is 0 Å². The molecule has 0 unspecified atom stereocenters. The summed E-state index contributed by atoms with van der Waals surface area (Å²) in [5.74, 6) is -0.728. The van der Waals surface area contributed by atoms with Gasteiger partial charge in [0.25, 0.3) is 0 Å². The van der Waals surface area contributed by atoms with E-state index in [4.69, 9.17) is 16.3 Å². The number of Topliss-reactive ketones (excluding diaryl/α,β-unsaturated/α-hetero) is 1. The summed E-state index contributed by atoms with van der Waals surface area (Å²) in [7, 11) is 0. The van der Waals surface area contributed by atoms with E-state index in [1.807, 2.05) is 0 Å². The summed E-state index contributed by atoms with van der Waals surface area (Å²) in [5, 5.41) is 12.7. The van der Waals surface area contributed by atoms with Gasteiger partial charge in [0.15, 0.2) is 5.76 Å². The third kappa shape index (κ3) is 3.64. The lowest BCUT2D eigenvalue weighted by atomic mass is 10.0. The lowest BCUT2D eigenvalue weighted by Crippen LogP contribution is -3.10. The van der Waals surface area contributed by atoms with E-state index < -0.39 is 5.82 Å². The lowest BCUT2D eigenvalue weighted by Gasteiger charge is -2.22. The molecule has 1 N–H and O–H groups in total. The number of nitrogens with one attached hydrogen (secondary N) is 1. The average Bonchev–Trinajstić information content (AvgIpc) is 2.84. The fourth-order valence-corrected chi connectivity index (χ4v) is 4.11. The van der Waals surface area contributed by atoms with Gasteiger partial charge in [-0.25, -0.2) is 4.39 Å². The summed E-state index contributed by atoms with van der Waals surface area (Å²) in [6, 6.07) is 7.23. The summed E-state index contributed by atoms with van der Waals surface area (Å²) in [5.41, 5.74) is 0.968. The monoisotopic (exact) mass is 401 g/mol. The van der Waals surface area contributed by atoms with Crippen LogP contribution in [0.4, 0.5) is 4.39 Å². The molecule has 6 heteroatoms. The highest BCUT2D eigenvalue weighted by Crippen LogP contribution is 2.38. The number of allylic oxidation sites excluding steroid dienone is 1. The molecule has 0 bridgehead atoms. The predicted molar refractivity (Wildman–Crippen MR) is 103 cm³/mol. The lowest BCUT2D eigenvalue weighted by molar-refractivity contribution is -0.913. The van der Waals surface area contributed by atoms with Crippen molar-refractivity contribution in [2.24, 2.45) is 0 Å². The van der Waals surface area contributed by atoms with Crippen LogP contribution >= 0.6 is 11.6 Å². The largest absolute Gasteiger partial charge is 0.872 e. The van der Waals surface area contributed by atoms with Crippen molar-refractivity contribution in [2.75, 3.05) is 13.1 Å². The zero-order valence-corrected chi connectivity index (χ0v) is 16.2. The first kappa shape index (κ1) is 19.0. The Kier molecular flexibility index (Phi) is 5.38. The molecule has 28 heavy (non-hydrogen) atoms. The minimum Gasteiger partial charge on any atom is -0.872 e. The van der Waals surface area contributed by atoms with Crippen molar-refractivity contribution in [2.45, 2.75) is 32.2 Å². The second-order valence-corrected chi connectivity index (χ2v) is 7.74. The Morgan fingerprint density at radius 3 is 2.61 bits per heavy atom. The van der Waals surface area contributed by atoms with Crippen LogP contribution in [0, 0.1) is 5.82 Å². The Balaban J connectivity index is 1.67. The Hall–Kier alpha value is -2.37. The number of ether oxygens (including phenoxy) is 1. The van der Waals surface area contributed by atoms with Gasteiger partial charge in [0.2, 0.25) is 5.78 Å². The van der Waals surface area contributed by atoms with Crippen LogP contribution in [0.3, 0.4) is 0 Å². The number of ketones is 1. The maximum absolute atomic E-state index is 14.1. The number of benzene rings is 2. The van der Waals surface area contributed by atoms with Gasteiger partial charge in [0.05, 0.1) is 23.7 Å². The summed E-state index contributed by atoms with van der Waals surface area (Å²) < 4.78 is 19.9. The quantitative estimate of drug-likeness (QED) is 0.804. The molecule has 1 fully saturated rings. The first-order valence-corrected chi connectivity index (χ1v) is 9.97. The number of quaternary nitrogens is 1.